The fraction of sp³-hybridized carbons (Fsp3) is 0.941. The lowest BCUT2D eigenvalue weighted by Crippen LogP contribution is -2.48. The molecule has 0 aromatic heterocycles. The topological polar surface area (TPSA) is 23.8 Å². The summed E-state index contributed by atoms with van der Waals surface area (Å²) >= 11 is 0. The highest BCUT2D eigenvalue weighted by Crippen LogP contribution is 2.55. The zero-order valence-electron chi connectivity index (χ0n) is 13.5. The number of nitriles is 1. The van der Waals surface area contributed by atoms with Crippen LogP contribution in [0.4, 0.5) is 0 Å². The molecule has 18 heavy (non-hydrogen) atoms. The van der Waals surface area contributed by atoms with Gasteiger partial charge in [0.2, 0.25) is 0 Å². The Balaban J connectivity index is 3.20. The molecule has 5 atom stereocenters. The Bertz CT molecular complexity index is 323. The molecule has 0 N–H and O–H groups in total. The molecule has 0 amide bonds. The number of rotatable bonds is 0. The Morgan fingerprint density at radius 2 is 1.33 bits per heavy atom. The van der Waals surface area contributed by atoms with E-state index in [9.17, 15) is 5.26 Å². The van der Waals surface area contributed by atoms with Crippen LogP contribution in [0.15, 0.2) is 0 Å². The number of hydrogen-bond acceptors (Lipinski definition) is 1. The van der Waals surface area contributed by atoms with E-state index in [4.69, 9.17) is 0 Å². The highest BCUT2D eigenvalue weighted by molar-refractivity contribution is 5.03. The van der Waals surface area contributed by atoms with Gasteiger partial charge in [-0.05, 0) is 40.9 Å². The standard InChI is InChI=1S/C17H31N/c1-11-9-13(10-18)12(2)15(17(6,7)8)14(11)16(3,4)5/h11-15H,9H2,1-8H3. The highest BCUT2D eigenvalue weighted by Gasteiger charge is 2.49. The maximum Gasteiger partial charge on any atom is 0.0658 e. The fourth-order valence-corrected chi connectivity index (χ4v) is 4.58. The fourth-order valence-electron chi connectivity index (χ4n) is 4.58. The second-order valence-electron chi connectivity index (χ2n) is 8.59. The van der Waals surface area contributed by atoms with Gasteiger partial charge in [0, 0.05) is 5.92 Å². The molecule has 1 heteroatoms. The van der Waals surface area contributed by atoms with Crippen molar-refractivity contribution in [1.29, 1.82) is 5.26 Å². The van der Waals surface area contributed by atoms with Crippen LogP contribution in [0, 0.1) is 51.8 Å². The van der Waals surface area contributed by atoms with Crippen molar-refractivity contribution in [1.82, 2.24) is 0 Å². The van der Waals surface area contributed by atoms with E-state index in [1.807, 2.05) is 0 Å². The van der Waals surface area contributed by atoms with Gasteiger partial charge in [0.05, 0.1) is 6.07 Å². The first kappa shape index (κ1) is 15.5. The smallest absolute Gasteiger partial charge is 0.0658 e. The van der Waals surface area contributed by atoms with Gasteiger partial charge in [-0.15, -0.1) is 0 Å². The molecular formula is C17H31N. The van der Waals surface area contributed by atoms with Gasteiger partial charge in [-0.2, -0.15) is 5.26 Å². The van der Waals surface area contributed by atoms with Gasteiger partial charge < -0.3 is 0 Å². The maximum atomic E-state index is 9.40. The molecule has 0 aromatic carbocycles. The van der Waals surface area contributed by atoms with E-state index in [2.05, 4.69) is 61.5 Å². The molecule has 1 rings (SSSR count). The Hall–Kier alpha value is -0.510. The van der Waals surface area contributed by atoms with Crippen LogP contribution in [0.5, 0.6) is 0 Å². The van der Waals surface area contributed by atoms with Crippen molar-refractivity contribution >= 4 is 0 Å². The third-order valence-electron chi connectivity index (χ3n) is 4.99. The summed E-state index contributed by atoms with van der Waals surface area (Å²) in [5.74, 6) is 2.73. The zero-order chi connectivity index (χ0) is 14.3. The Morgan fingerprint density at radius 3 is 1.67 bits per heavy atom. The Kier molecular flexibility index (Phi) is 4.21. The molecular weight excluding hydrogens is 218 g/mol. The van der Waals surface area contributed by atoms with Gasteiger partial charge in [0.1, 0.15) is 0 Å². The summed E-state index contributed by atoms with van der Waals surface area (Å²) < 4.78 is 0. The first-order valence-electron chi connectivity index (χ1n) is 7.39. The second-order valence-corrected chi connectivity index (χ2v) is 8.59. The van der Waals surface area contributed by atoms with E-state index < -0.39 is 0 Å². The van der Waals surface area contributed by atoms with E-state index in [-0.39, 0.29) is 11.3 Å². The van der Waals surface area contributed by atoms with Crippen LogP contribution in [-0.2, 0) is 0 Å². The normalized spacial score (nSPS) is 38.3. The van der Waals surface area contributed by atoms with Crippen LogP contribution >= 0.6 is 0 Å². The largest absolute Gasteiger partial charge is 0.198 e. The van der Waals surface area contributed by atoms with Crippen molar-refractivity contribution in [3.63, 3.8) is 0 Å². The van der Waals surface area contributed by atoms with Crippen molar-refractivity contribution in [2.75, 3.05) is 0 Å². The average Bonchev–Trinajstić information content (AvgIpc) is 2.16. The van der Waals surface area contributed by atoms with Crippen LogP contribution in [0.1, 0.15) is 61.8 Å². The van der Waals surface area contributed by atoms with Crippen molar-refractivity contribution in [3.8, 4) is 6.07 Å². The Morgan fingerprint density at radius 1 is 0.889 bits per heavy atom. The first-order valence-corrected chi connectivity index (χ1v) is 7.39. The second kappa shape index (κ2) is 4.87. The molecule has 1 fully saturated rings. The zero-order valence-corrected chi connectivity index (χ0v) is 13.5. The summed E-state index contributed by atoms with van der Waals surface area (Å²) in [6, 6.07) is 2.56. The third-order valence-corrected chi connectivity index (χ3v) is 4.99. The van der Waals surface area contributed by atoms with Gasteiger partial charge in [-0.25, -0.2) is 0 Å². The molecule has 0 heterocycles. The summed E-state index contributed by atoms with van der Waals surface area (Å²) in [5, 5.41) is 9.40. The summed E-state index contributed by atoms with van der Waals surface area (Å²) in [6.45, 7) is 18.8. The van der Waals surface area contributed by atoms with Crippen LogP contribution in [0.25, 0.3) is 0 Å². The predicted molar refractivity (Wildman–Crippen MR) is 77.9 cm³/mol. The van der Waals surface area contributed by atoms with E-state index in [0.29, 0.717) is 29.1 Å². The van der Waals surface area contributed by atoms with Crippen LogP contribution in [-0.4, -0.2) is 0 Å². The minimum absolute atomic E-state index is 0.239. The number of nitrogens with zero attached hydrogens (tertiary/aromatic N) is 1. The van der Waals surface area contributed by atoms with Gasteiger partial charge in [-0.1, -0.05) is 55.4 Å². The van der Waals surface area contributed by atoms with Gasteiger partial charge in [0.25, 0.3) is 0 Å². The molecule has 0 bridgehead atoms. The van der Waals surface area contributed by atoms with Crippen LogP contribution < -0.4 is 0 Å². The van der Waals surface area contributed by atoms with Gasteiger partial charge in [-0.3, -0.25) is 0 Å². The quantitative estimate of drug-likeness (QED) is 0.584. The van der Waals surface area contributed by atoms with Gasteiger partial charge in [0.15, 0.2) is 0 Å². The minimum Gasteiger partial charge on any atom is -0.198 e. The molecule has 1 nitrogen and oxygen atoms in total. The monoisotopic (exact) mass is 249 g/mol. The number of hydrogen-bond donors (Lipinski definition) is 0. The van der Waals surface area contributed by atoms with Crippen molar-refractivity contribution in [2.24, 2.45) is 40.4 Å². The van der Waals surface area contributed by atoms with E-state index in [1.54, 1.807) is 0 Å². The summed E-state index contributed by atoms with van der Waals surface area (Å²) in [5.41, 5.74) is 0.604. The average molecular weight is 249 g/mol. The molecule has 104 valence electrons. The molecule has 1 aliphatic carbocycles. The molecule has 0 spiro atoms. The lowest BCUT2D eigenvalue weighted by molar-refractivity contribution is -0.0539. The molecule has 0 aromatic rings. The molecule has 5 unspecified atom stereocenters. The third kappa shape index (κ3) is 2.90. The van der Waals surface area contributed by atoms with Crippen molar-refractivity contribution in [3.05, 3.63) is 0 Å². The maximum absolute atomic E-state index is 9.40. The lowest BCUT2D eigenvalue weighted by Gasteiger charge is -2.54. The van der Waals surface area contributed by atoms with E-state index in [0.717, 1.165) is 6.42 Å². The van der Waals surface area contributed by atoms with Crippen molar-refractivity contribution < 1.29 is 0 Å². The van der Waals surface area contributed by atoms with Crippen molar-refractivity contribution in [2.45, 2.75) is 61.8 Å². The lowest BCUT2D eigenvalue weighted by atomic mass is 9.50. The molecule has 0 radical (unpaired) electrons. The molecule has 1 saturated carbocycles. The minimum atomic E-state index is 0.239. The van der Waals surface area contributed by atoms with E-state index >= 15 is 0 Å². The van der Waals surface area contributed by atoms with Crippen LogP contribution in [0.2, 0.25) is 0 Å². The molecule has 1 aliphatic rings. The van der Waals surface area contributed by atoms with Crippen LogP contribution in [0.3, 0.4) is 0 Å². The first-order chi connectivity index (χ1) is 8.00. The summed E-state index contributed by atoms with van der Waals surface area (Å²) in [7, 11) is 0. The Labute approximate surface area is 114 Å². The van der Waals surface area contributed by atoms with E-state index in [1.165, 1.54) is 0 Å². The SMILES string of the molecule is CC1CC(C#N)C(C)C(C(C)(C)C)C1C(C)(C)C. The predicted octanol–water partition coefficient (Wildman–Crippen LogP) is 5.13. The summed E-state index contributed by atoms with van der Waals surface area (Å²) in [4.78, 5) is 0. The highest BCUT2D eigenvalue weighted by atomic mass is 14.5. The van der Waals surface area contributed by atoms with Gasteiger partial charge >= 0.3 is 0 Å². The molecule has 0 aliphatic heterocycles. The summed E-state index contributed by atoms with van der Waals surface area (Å²) in [6.07, 6.45) is 1.08. The molecule has 0 saturated heterocycles.